The van der Waals surface area contributed by atoms with Crippen molar-refractivity contribution in [3.8, 4) is 5.75 Å². The molecule has 13 heteroatoms. The number of hydrogen-bond acceptors (Lipinski definition) is 9. The van der Waals surface area contributed by atoms with E-state index in [0.717, 1.165) is 31.0 Å². The van der Waals surface area contributed by atoms with E-state index < -0.39 is 47.0 Å². The minimum absolute atomic E-state index is 0.0202. The lowest BCUT2D eigenvalue weighted by atomic mass is 9.66. The van der Waals surface area contributed by atoms with Gasteiger partial charge in [-0.3, -0.25) is 35.3 Å². The predicted octanol–water partition coefficient (Wildman–Crippen LogP) is 2.23. The largest absolute Gasteiger partial charge is 0.504 e. The molecule has 1 aromatic carbocycles. The van der Waals surface area contributed by atoms with Gasteiger partial charge in [0, 0.05) is 18.2 Å². The van der Waals surface area contributed by atoms with Gasteiger partial charge in [0.2, 0.25) is 11.8 Å². The van der Waals surface area contributed by atoms with E-state index in [-0.39, 0.29) is 58.3 Å². The fourth-order valence-electron chi connectivity index (χ4n) is 6.95. The number of phenols is 1. The summed E-state index contributed by atoms with van der Waals surface area (Å²) in [6.45, 7) is 3.57. The Balaban J connectivity index is 1.49. The number of anilines is 1. The van der Waals surface area contributed by atoms with Crippen molar-refractivity contribution >= 4 is 46.4 Å². The zero-order valence-electron chi connectivity index (χ0n) is 20.9. The van der Waals surface area contributed by atoms with Crippen LogP contribution in [0.5, 0.6) is 5.75 Å². The molecule has 1 saturated carbocycles. The number of nitrogens with one attached hydrogen (secondary N) is 3. The van der Waals surface area contributed by atoms with E-state index >= 15 is 4.39 Å². The number of carbonyl (C=O) groups is 4. The minimum Gasteiger partial charge on any atom is -0.504 e. The molecule has 202 valence electrons. The normalized spacial score (nSPS) is 31.9. The van der Waals surface area contributed by atoms with Crippen molar-refractivity contribution in [3.63, 3.8) is 0 Å². The number of ether oxygens (including phenoxy) is 1. The number of benzene rings is 1. The van der Waals surface area contributed by atoms with E-state index in [2.05, 4.69) is 10.6 Å². The maximum absolute atomic E-state index is 16.1. The summed E-state index contributed by atoms with van der Waals surface area (Å²) in [7, 11) is 0. The number of barbiturate groups is 1. The van der Waals surface area contributed by atoms with Crippen LogP contribution in [0.3, 0.4) is 0 Å². The van der Waals surface area contributed by atoms with Crippen LogP contribution in [0.2, 0.25) is 0 Å². The number of aromatic hydroxyl groups is 1. The van der Waals surface area contributed by atoms with Gasteiger partial charge >= 0.3 is 6.03 Å². The molecule has 1 spiro atoms. The zero-order chi connectivity index (χ0) is 27.1. The lowest BCUT2D eigenvalue weighted by Crippen LogP contribution is -2.75. The number of rotatable bonds is 1. The Morgan fingerprint density at radius 1 is 1.18 bits per heavy atom. The summed E-state index contributed by atoms with van der Waals surface area (Å²) in [4.78, 5) is 54.4. The van der Waals surface area contributed by atoms with E-state index in [1.807, 2.05) is 0 Å². The van der Waals surface area contributed by atoms with Crippen molar-refractivity contribution in [2.45, 2.75) is 75.5 Å². The highest BCUT2D eigenvalue weighted by Crippen LogP contribution is 2.50. The first kappa shape index (κ1) is 25.1. The first-order chi connectivity index (χ1) is 18.0. The summed E-state index contributed by atoms with van der Waals surface area (Å²) in [5.74, 6) is -3.71. The van der Waals surface area contributed by atoms with Crippen molar-refractivity contribution in [1.29, 1.82) is 5.41 Å². The molecule has 38 heavy (non-hydrogen) atoms. The van der Waals surface area contributed by atoms with Crippen LogP contribution in [-0.4, -0.2) is 75.0 Å². The average molecular weight is 546 g/mol. The molecule has 5 amide bonds. The van der Waals surface area contributed by atoms with Gasteiger partial charge in [-0.05, 0) is 38.3 Å². The molecule has 6 rings (SSSR count). The number of nitrogens with zero attached hydrogens (tertiary/aromatic N) is 2. The van der Waals surface area contributed by atoms with Crippen molar-refractivity contribution < 1.29 is 33.4 Å². The Labute approximate surface area is 221 Å². The summed E-state index contributed by atoms with van der Waals surface area (Å²) in [5, 5.41) is 23.9. The number of carbonyl (C=O) groups excluding carboxylic acids is 4. The van der Waals surface area contributed by atoms with Crippen LogP contribution < -0.4 is 15.5 Å². The monoisotopic (exact) mass is 545 g/mol. The van der Waals surface area contributed by atoms with E-state index in [1.165, 1.54) is 11.0 Å². The fourth-order valence-corrected chi connectivity index (χ4v) is 8.25. The number of phenolic OH excluding ortho intramolecular Hbond substituents is 1. The third-order valence-corrected chi connectivity index (χ3v) is 9.70. The van der Waals surface area contributed by atoms with Crippen LogP contribution in [-0.2, 0) is 20.7 Å². The number of halogens is 1. The summed E-state index contributed by atoms with van der Waals surface area (Å²) in [6.07, 6.45) is 2.08. The van der Waals surface area contributed by atoms with Gasteiger partial charge < -0.3 is 14.7 Å². The quantitative estimate of drug-likeness (QED) is 0.238. The summed E-state index contributed by atoms with van der Waals surface area (Å²) in [6, 6.07) is -0.723. The Hall–Kier alpha value is -3.19. The molecule has 5 aliphatic rings. The Bertz CT molecular complexity index is 1290. The second-order valence-electron chi connectivity index (χ2n) is 10.7. The second kappa shape index (κ2) is 8.67. The standard InChI is InChI=1S/C25H28FN5O6S/c1-10-9-30-17-12(8-25(19(30)11(2)37-10)21(33)28-23(35)29-22(25)34)7-13(18(32)16(17)26)20(27)31-14-5-3-4-6-15(14)38-24(31)36/h7,10-11,14-15,19,27,32H,3-6,8-9H2,1-2H3,(H2,28,29,33,34,35)/t10-,11+,14-,15+,19-/m1/s1. The second-order valence-corrected chi connectivity index (χ2v) is 11.9. The van der Waals surface area contributed by atoms with Crippen LogP contribution >= 0.6 is 11.8 Å². The highest BCUT2D eigenvalue weighted by molar-refractivity contribution is 8.14. The molecule has 3 saturated heterocycles. The molecule has 4 aliphatic heterocycles. The Kier molecular flexibility index (Phi) is 5.73. The number of morpholine rings is 1. The molecule has 4 fully saturated rings. The summed E-state index contributed by atoms with van der Waals surface area (Å²) < 4.78 is 22.0. The first-order valence-corrected chi connectivity index (χ1v) is 13.6. The van der Waals surface area contributed by atoms with Gasteiger partial charge in [-0.2, -0.15) is 0 Å². The lowest BCUT2D eigenvalue weighted by molar-refractivity contribution is -0.153. The molecule has 4 heterocycles. The molecule has 11 nitrogen and oxygen atoms in total. The highest BCUT2D eigenvalue weighted by Gasteiger charge is 2.63. The van der Waals surface area contributed by atoms with Gasteiger partial charge in [-0.25, -0.2) is 9.18 Å². The zero-order valence-corrected chi connectivity index (χ0v) is 21.7. The number of fused-ring (bicyclic) bond motifs is 5. The third-order valence-electron chi connectivity index (χ3n) is 8.44. The minimum atomic E-state index is -1.82. The average Bonchev–Trinajstić information content (AvgIpc) is 3.19. The van der Waals surface area contributed by atoms with Crippen LogP contribution in [0.15, 0.2) is 6.07 Å². The maximum Gasteiger partial charge on any atom is 0.328 e. The smallest absolute Gasteiger partial charge is 0.328 e. The topological polar surface area (TPSA) is 152 Å². The van der Waals surface area contributed by atoms with Gasteiger partial charge in [0.1, 0.15) is 5.84 Å². The number of urea groups is 1. The van der Waals surface area contributed by atoms with Gasteiger partial charge in [0.15, 0.2) is 17.0 Å². The predicted molar refractivity (Wildman–Crippen MR) is 135 cm³/mol. The molecule has 1 aromatic rings. The van der Waals surface area contributed by atoms with Gasteiger partial charge in [-0.1, -0.05) is 24.6 Å². The molecule has 0 unspecified atom stereocenters. The van der Waals surface area contributed by atoms with Crippen LogP contribution in [0.4, 0.5) is 19.7 Å². The van der Waals surface area contributed by atoms with E-state index in [9.17, 15) is 24.3 Å². The van der Waals surface area contributed by atoms with Gasteiger partial charge in [0.25, 0.3) is 5.24 Å². The number of hydrogen-bond donors (Lipinski definition) is 4. The molecule has 1 aliphatic carbocycles. The SMILES string of the molecule is C[C@@H]1CN2c3c(cc(C(=N)N4C(=O)S[C@H]5CCCC[C@H]54)c(O)c3F)CC3(C(=O)NC(=O)NC3=O)[C@H]2[C@H](C)O1. The van der Waals surface area contributed by atoms with E-state index in [0.29, 0.717) is 6.42 Å². The number of thioether (sulfide) groups is 1. The van der Waals surface area contributed by atoms with E-state index in [1.54, 1.807) is 18.7 Å². The van der Waals surface area contributed by atoms with Crippen molar-refractivity contribution in [1.82, 2.24) is 15.5 Å². The molecular formula is C25H28FN5O6S. The number of amidine groups is 1. The Morgan fingerprint density at radius 3 is 2.58 bits per heavy atom. The fraction of sp³-hybridized carbons (Fsp3) is 0.560. The lowest BCUT2D eigenvalue weighted by Gasteiger charge is -2.55. The van der Waals surface area contributed by atoms with Crippen molar-refractivity contribution in [3.05, 3.63) is 23.0 Å². The number of amides is 5. The first-order valence-electron chi connectivity index (χ1n) is 12.8. The third kappa shape index (κ3) is 3.40. The molecule has 5 atom stereocenters. The van der Waals surface area contributed by atoms with E-state index in [4.69, 9.17) is 10.1 Å². The van der Waals surface area contributed by atoms with Gasteiger partial charge in [-0.15, -0.1) is 0 Å². The van der Waals surface area contributed by atoms with Crippen molar-refractivity contribution in [2.75, 3.05) is 11.4 Å². The summed E-state index contributed by atoms with van der Waals surface area (Å²) >= 11 is 1.16. The van der Waals surface area contributed by atoms with Crippen LogP contribution in [0, 0.1) is 16.6 Å². The summed E-state index contributed by atoms with van der Waals surface area (Å²) in [5.41, 5.74) is -1.77. The van der Waals surface area contributed by atoms with Gasteiger partial charge in [0.05, 0.1) is 35.5 Å². The highest BCUT2D eigenvalue weighted by atomic mass is 32.2. The molecule has 4 N–H and O–H groups in total. The van der Waals surface area contributed by atoms with Crippen molar-refractivity contribution in [2.24, 2.45) is 5.41 Å². The van der Waals surface area contributed by atoms with Crippen LogP contribution in [0.1, 0.15) is 50.7 Å². The molecule has 0 bridgehead atoms. The maximum atomic E-state index is 16.1. The molecular weight excluding hydrogens is 517 g/mol. The van der Waals surface area contributed by atoms with Crippen LogP contribution in [0.25, 0.3) is 0 Å². The Morgan fingerprint density at radius 2 is 1.87 bits per heavy atom. The number of imide groups is 2. The molecule has 0 aromatic heterocycles. The molecule has 0 radical (unpaired) electrons.